The van der Waals surface area contributed by atoms with Crippen molar-refractivity contribution in [2.45, 2.75) is 0 Å². The molecule has 7 heteroatoms. The molecule has 0 atom stereocenters. The highest BCUT2D eigenvalue weighted by Gasteiger charge is 2.19. The van der Waals surface area contributed by atoms with Crippen LogP contribution >= 0.6 is 0 Å². The van der Waals surface area contributed by atoms with Crippen LogP contribution in [0.1, 0.15) is 22.8 Å². The van der Waals surface area contributed by atoms with Crippen LogP contribution in [0, 0.1) is 0 Å². The van der Waals surface area contributed by atoms with E-state index in [1.807, 2.05) is 73.6 Å². The van der Waals surface area contributed by atoms with Crippen molar-refractivity contribution in [1.29, 1.82) is 0 Å². The van der Waals surface area contributed by atoms with E-state index >= 15 is 0 Å². The summed E-state index contributed by atoms with van der Waals surface area (Å²) in [6, 6.07) is 53.5. The number of rotatable bonds is 6. The molecule has 2 aliphatic rings. The topological polar surface area (TPSA) is 96.0 Å². The lowest BCUT2D eigenvalue weighted by Gasteiger charge is -2.14. The summed E-state index contributed by atoms with van der Waals surface area (Å²) in [5.74, 6) is 0. The van der Waals surface area contributed by atoms with Crippen LogP contribution in [0.3, 0.4) is 0 Å². The van der Waals surface area contributed by atoms with Gasteiger partial charge < -0.3 is 9.97 Å². The Morgan fingerprint density at radius 1 is 0.281 bits per heavy atom. The van der Waals surface area contributed by atoms with Crippen molar-refractivity contribution in [2.24, 2.45) is 0 Å². The Morgan fingerprint density at radius 2 is 0.594 bits per heavy atom. The first kappa shape index (κ1) is 37.0. The molecular weight excluding hydrogens is 783 g/mol. The summed E-state index contributed by atoms with van der Waals surface area (Å²) in [6.07, 6.45) is 19.4. The first-order valence-electron chi connectivity index (χ1n) is 21.3. The first-order chi connectivity index (χ1) is 31.7. The van der Waals surface area contributed by atoms with Crippen LogP contribution in [0.15, 0.2) is 189 Å². The molecule has 2 aliphatic heterocycles. The van der Waals surface area contributed by atoms with Crippen molar-refractivity contribution in [2.75, 3.05) is 0 Å². The van der Waals surface area contributed by atoms with Crippen LogP contribution in [0.5, 0.6) is 0 Å². The first-order valence-corrected chi connectivity index (χ1v) is 21.3. The molecule has 0 aliphatic carbocycles. The third-order valence-corrected chi connectivity index (χ3v) is 12.1. The molecule has 0 unspecified atom stereocenters. The Hall–Kier alpha value is -8.81. The smallest absolute Gasteiger partial charge is 0.0737 e. The molecule has 0 spiro atoms. The van der Waals surface area contributed by atoms with E-state index in [1.54, 1.807) is 0 Å². The minimum atomic E-state index is 0.841. The molecule has 4 aromatic carbocycles. The molecule has 300 valence electrons. The van der Waals surface area contributed by atoms with E-state index < -0.39 is 0 Å². The SMILES string of the molecule is C1=Cc2nc1c(-c1ccncc1)c1ccc([nH]1)c(-c1ccncc1)c1nc(c(-c3ccc(-c4cc5ccccc5cc4-c4ccccc4)cc3)c3ccc([nH]3)c2-c2ccncc2)C=C1. The normalized spacial score (nSPS) is 11.9. The van der Waals surface area contributed by atoms with Gasteiger partial charge in [0.15, 0.2) is 0 Å². The quantitative estimate of drug-likeness (QED) is 0.174. The molecule has 0 fully saturated rings. The van der Waals surface area contributed by atoms with E-state index in [2.05, 4.69) is 164 Å². The van der Waals surface area contributed by atoms with Gasteiger partial charge in [-0.05, 0) is 152 Å². The fourth-order valence-electron chi connectivity index (χ4n) is 9.13. The lowest BCUT2D eigenvalue weighted by atomic mass is 9.90. The Morgan fingerprint density at radius 3 is 0.969 bits per heavy atom. The predicted molar refractivity (Wildman–Crippen MR) is 262 cm³/mol. The average Bonchev–Trinajstić information content (AvgIpc) is 4.21. The van der Waals surface area contributed by atoms with Crippen molar-refractivity contribution < 1.29 is 0 Å². The minimum Gasteiger partial charge on any atom is -0.354 e. The molecule has 12 rings (SSSR count). The Labute approximate surface area is 368 Å². The second-order valence-electron chi connectivity index (χ2n) is 15.9. The number of nitrogens with one attached hydrogen (secondary N) is 2. The maximum absolute atomic E-state index is 5.48. The summed E-state index contributed by atoms with van der Waals surface area (Å²) < 4.78 is 0. The molecule has 0 saturated heterocycles. The van der Waals surface area contributed by atoms with Gasteiger partial charge in [0.05, 0.1) is 22.8 Å². The van der Waals surface area contributed by atoms with Crippen LogP contribution in [-0.4, -0.2) is 34.9 Å². The van der Waals surface area contributed by atoms with Gasteiger partial charge in [-0.2, -0.15) is 0 Å². The van der Waals surface area contributed by atoms with E-state index in [4.69, 9.17) is 9.97 Å². The van der Waals surface area contributed by atoms with Gasteiger partial charge in [0.2, 0.25) is 0 Å². The summed E-state index contributed by atoms with van der Waals surface area (Å²) in [6.45, 7) is 0. The van der Waals surface area contributed by atoms with E-state index in [0.717, 1.165) is 94.9 Å². The number of aromatic nitrogens is 7. The number of hydrogen-bond donors (Lipinski definition) is 2. The highest BCUT2D eigenvalue weighted by molar-refractivity contribution is 6.01. The molecule has 0 saturated carbocycles. The maximum atomic E-state index is 5.48. The van der Waals surface area contributed by atoms with Crippen LogP contribution in [-0.2, 0) is 0 Å². The van der Waals surface area contributed by atoms with Gasteiger partial charge in [-0.25, -0.2) is 9.97 Å². The highest BCUT2D eigenvalue weighted by atomic mass is 14.8. The van der Waals surface area contributed by atoms with E-state index in [0.29, 0.717) is 0 Å². The van der Waals surface area contributed by atoms with Crippen molar-refractivity contribution in [3.63, 3.8) is 0 Å². The number of benzene rings is 4. The molecule has 0 amide bonds. The number of nitrogens with zero attached hydrogens (tertiary/aromatic N) is 5. The molecule has 8 heterocycles. The van der Waals surface area contributed by atoms with Gasteiger partial charge in [-0.1, -0.05) is 78.9 Å². The lowest BCUT2D eigenvalue weighted by molar-refractivity contribution is 1.29. The molecule has 0 radical (unpaired) electrons. The number of hydrogen-bond acceptors (Lipinski definition) is 5. The fraction of sp³-hybridized carbons (Fsp3) is 0. The van der Waals surface area contributed by atoms with Gasteiger partial charge in [-0.15, -0.1) is 0 Å². The zero-order valence-corrected chi connectivity index (χ0v) is 34.4. The largest absolute Gasteiger partial charge is 0.354 e. The number of fused-ring (bicyclic) bond motifs is 9. The molecule has 8 bridgehead atoms. The van der Waals surface area contributed by atoms with E-state index in [9.17, 15) is 0 Å². The molecular formula is C57H37N7. The molecule has 2 N–H and O–H groups in total. The lowest BCUT2D eigenvalue weighted by Crippen LogP contribution is -1.90. The van der Waals surface area contributed by atoms with Crippen molar-refractivity contribution >= 4 is 57.1 Å². The monoisotopic (exact) mass is 819 g/mol. The fourth-order valence-corrected chi connectivity index (χ4v) is 9.13. The summed E-state index contributed by atoms with van der Waals surface area (Å²) in [4.78, 5) is 31.6. The van der Waals surface area contributed by atoms with Gasteiger partial charge in [0.1, 0.15) is 0 Å². The number of pyridine rings is 3. The third-order valence-electron chi connectivity index (χ3n) is 12.1. The minimum absolute atomic E-state index is 0.841. The maximum Gasteiger partial charge on any atom is 0.0737 e. The van der Waals surface area contributed by atoms with Gasteiger partial charge in [0, 0.05) is 81.5 Å². The van der Waals surface area contributed by atoms with Gasteiger partial charge >= 0.3 is 0 Å². The molecule has 6 aromatic heterocycles. The Kier molecular flexibility index (Phi) is 9.01. The zero-order chi connectivity index (χ0) is 42.4. The highest BCUT2D eigenvalue weighted by Crippen LogP contribution is 2.40. The number of aromatic amines is 2. The predicted octanol–water partition coefficient (Wildman–Crippen LogP) is 14.0. The third kappa shape index (κ3) is 6.60. The average molecular weight is 820 g/mol. The molecule has 64 heavy (non-hydrogen) atoms. The van der Waals surface area contributed by atoms with Gasteiger partial charge in [-0.3, -0.25) is 15.0 Å². The van der Waals surface area contributed by atoms with Crippen molar-refractivity contribution in [3.8, 4) is 66.8 Å². The van der Waals surface area contributed by atoms with Crippen LogP contribution < -0.4 is 0 Å². The summed E-state index contributed by atoms with van der Waals surface area (Å²) in [5.41, 5.74) is 19.7. The van der Waals surface area contributed by atoms with Crippen LogP contribution in [0.4, 0.5) is 0 Å². The summed E-state index contributed by atoms with van der Waals surface area (Å²) >= 11 is 0. The van der Waals surface area contributed by atoms with Crippen molar-refractivity contribution in [3.05, 3.63) is 212 Å². The summed E-state index contributed by atoms with van der Waals surface area (Å²) in [5, 5.41) is 2.42. The zero-order valence-electron chi connectivity index (χ0n) is 34.4. The van der Waals surface area contributed by atoms with Crippen LogP contribution in [0.25, 0.3) is 124 Å². The van der Waals surface area contributed by atoms with Crippen molar-refractivity contribution in [1.82, 2.24) is 34.9 Å². The Bertz CT molecular complexity index is 3590. The second-order valence-corrected chi connectivity index (χ2v) is 15.9. The standard InChI is InChI=1S/C57H37N7/c1-2-6-36(7-3-1)44-34-42-8-4-5-9-43(42)35-45(44)37-10-12-38(13-11-37)54-46-14-16-48(61-46)55(39-22-28-58-29-23-39)50-18-20-52(63-50)57(41-26-32-60-33-27-41)53-21-19-51(64-53)56(40-24-30-59-31-25-40)49-17-15-47(54)62-49/h1-35,61,64H. The molecule has 10 aromatic rings. The Balaban J connectivity index is 1.14. The van der Waals surface area contributed by atoms with Crippen LogP contribution in [0.2, 0.25) is 0 Å². The van der Waals surface area contributed by atoms with Gasteiger partial charge in [0.25, 0.3) is 0 Å². The van der Waals surface area contributed by atoms with E-state index in [1.165, 1.54) is 27.5 Å². The second kappa shape index (κ2) is 15.6. The molecule has 7 nitrogen and oxygen atoms in total. The summed E-state index contributed by atoms with van der Waals surface area (Å²) in [7, 11) is 0. The van der Waals surface area contributed by atoms with E-state index in [-0.39, 0.29) is 0 Å². The number of H-pyrrole nitrogens is 2.